The van der Waals surface area contributed by atoms with Gasteiger partial charge in [0.1, 0.15) is 18.9 Å². The van der Waals surface area contributed by atoms with Crippen LogP contribution in [-0.4, -0.2) is 50.0 Å². The number of ether oxygens (including phenoxy) is 2. The molecule has 3 atom stereocenters. The molecule has 1 fully saturated rings. The molecule has 0 spiro atoms. The highest BCUT2D eigenvalue weighted by Gasteiger charge is 2.37. The lowest BCUT2D eigenvalue weighted by Crippen LogP contribution is -2.27. The number of aromatic amines is 1. The Morgan fingerprint density at radius 1 is 1.68 bits per heavy atom. The summed E-state index contributed by atoms with van der Waals surface area (Å²) in [6.07, 6.45) is 5.76. The normalized spacial score (nSPS) is 24.6. The van der Waals surface area contributed by atoms with Crippen molar-refractivity contribution in [2.75, 3.05) is 18.9 Å². The van der Waals surface area contributed by atoms with E-state index in [0.717, 1.165) is 0 Å². The third-order valence-corrected chi connectivity index (χ3v) is 3.50. The predicted octanol–water partition coefficient (Wildman–Crippen LogP) is -1.000. The highest BCUT2D eigenvalue weighted by Crippen LogP contribution is 2.32. The van der Waals surface area contributed by atoms with Crippen LogP contribution in [0.5, 0.6) is 0 Å². The van der Waals surface area contributed by atoms with E-state index < -0.39 is 17.9 Å². The number of aromatic nitrogens is 4. The number of hydrogen-bond donors (Lipinski definition) is 3. The fourth-order valence-corrected chi connectivity index (χ4v) is 2.52. The monoisotopic (exact) mass is 305 g/mol. The number of nitrogens with one attached hydrogen (secondary N) is 1. The summed E-state index contributed by atoms with van der Waals surface area (Å²) >= 11 is 0. The molecule has 2 aromatic rings. The zero-order valence-corrected chi connectivity index (χ0v) is 11.6. The second-order valence-electron chi connectivity index (χ2n) is 4.88. The molecule has 9 nitrogen and oxygen atoms in total. The highest BCUT2D eigenvalue weighted by atomic mass is 16.6. The number of H-pyrrole nitrogens is 1. The van der Waals surface area contributed by atoms with Gasteiger partial charge in [-0.05, 0) is 0 Å². The lowest BCUT2D eigenvalue weighted by molar-refractivity contribution is -0.0555. The van der Waals surface area contributed by atoms with E-state index in [1.807, 2.05) is 0 Å². The first kappa shape index (κ1) is 14.5. The summed E-state index contributed by atoms with van der Waals surface area (Å²) in [5, 5.41) is 9.38. The minimum absolute atomic E-state index is 0.00362. The van der Waals surface area contributed by atoms with Crippen molar-refractivity contribution in [1.82, 2.24) is 19.5 Å². The quantitative estimate of drug-likeness (QED) is 0.618. The number of aliphatic hydroxyl groups excluding tert-OH is 1. The molecule has 3 rings (SSSR count). The summed E-state index contributed by atoms with van der Waals surface area (Å²) in [4.78, 5) is 22.3. The van der Waals surface area contributed by atoms with Gasteiger partial charge in [-0.25, -0.2) is 4.98 Å². The molecule has 4 N–H and O–H groups in total. The summed E-state index contributed by atoms with van der Waals surface area (Å²) in [6.45, 7) is -0.0681. The van der Waals surface area contributed by atoms with Gasteiger partial charge in [-0.2, -0.15) is 4.98 Å². The number of terminal acetylenes is 1. The van der Waals surface area contributed by atoms with E-state index in [-0.39, 0.29) is 30.8 Å². The Kier molecular flexibility index (Phi) is 3.81. The maximum atomic E-state index is 11.8. The van der Waals surface area contributed by atoms with Crippen LogP contribution < -0.4 is 11.3 Å². The Morgan fingerprint density at radius 3 is 3.23 bits per heavy atom. The van der Waals surface area contributed by atoms with Gasteiger partial charge in [0.25, 0.3) is 5.56 Å². The molecule has 1 aliphatic rings. The molecule has 22 heavy (non-hydrogen) atoms. The van der Waals surface area contributed by atoms with Crippen LogP contribution in [0.15, 0.2) is 11.1 Å². The topological polar surface area (TPSA) is 128 Å². The van der Waals surface area contributed by atoms with Crippen LogP contribution in [0.3, 0.4) is 0 Å². The van der Waals surface area contributed by atoms with E-state index in [0.29, 0.717) is 12.1 Å². The lowest BCUT2D eigenvalue weighted by atomic mass is 10.2. The van der Waals surface area contributed by atoms with E-state index in [1.165, 1.54) is 6.33 Å². The first-order valence-corrected chi connectivity index (χ1v) is 6.67. The van der Waals surface area contributed by atoms with Crippen LogP contribution in [0.4, 0.5) is 5.95 Å². The van der Waals surface area contributed by atoms with E-state index in [4.69, 9.17) is 21.6 Å². The zero-order chi connectivity index (χ0) is 15.7. The molecule has 9 heteroatoms. The molecule has 1 aliphatic heterocycles. The largest absolute Gasteiger partial charge is 0.394 e. The molecule has 0 amide bonds. The number of imidazole rings is 1. The molecule has 3 heterocycles. The first-order chi connectivity index (χ1) is 10.6. The summed E-state index contributed by atoms with van der Waals surface area (Å²) in [5.41, 5.74) is 5.64. The summed E-state index contributed by atoms with van der Waals surface area (Å²) in [7, 11) is 0. The predicted molar refractivity (Wildman–Crippen MR) is 76.7 cm³/mol. The van der Waals surface area contributed by atoms with Crippen LogP contribution in [0, 0.1) is 12.3 Å². The molecule has 1 unspecified atom stereocenters. The second-order valence-corrected chi connectivity index (χ2v) is 4.88. The van der Waals surface area contributed by atoms with Crippen LogP contribution in [-0.2, 0) is 9.47 Å². The molecular formula is C13H15N5O4. The standard InChI is InChI=1S/C13H15N5O4/c1-2-3-21-7-4-9(22-8(7)5-19)18-6-15-10-11(18)16-13(14)17-12(10)20/h1,6-9,19H,3-5H2,(H3,14,16,17,20)/t7?,8-,9-/m1/s1. The minimum Gasteiger partial charge on any atom is -0.394 e. The minimum atomic E-state index is -0.504. The van der Waals surface area contributed by atoms with Crippen molar-refractivity contribution in [3.63, 3.8) is 0 Å². The van der Waals surface area contributed by atoms with Gasteiger partial charge in [0.15, 0.2) is 11.2 Å². The van der Waals surface area contributed by atoms with E-state index in [9.17, 15) is 9.90 Å². The Morgan fingerprint density at radius 2 is 2.50 bits per heavy atom. The SMILES string of the molecule is C#CCOC1C[C@H](n2cnc3c(=O)[nH]c(N)nc32)O[C@@H]1CO. The third kappa shape index (κ3) is 2.43. The molecule has 0 radical (unpaired) electrons. The third-order valence-electron chi connectivity index (χ3n) is 3.50. The Bertz CT molecular complexity index is 777. The van der Waals surface area contributed by atoms with Gasteiger partial charge >= 0.3 is 0 Å². The molecule has 1 saturated heterocycles. The van der Waals surface area contributed by atoms with Gasteiger partial charge in [0.2, 0.25) is 5.95 Å². The van der Waals surface area contributed by atoms with Crippen molar-refractivity contribution in [2.45, 2.75) is 24.9 Å². The van der Waals surface area contributed by atoms with Gasteiger partial charge in [-0.15, -0.1) is 6.42 Å². The summed E-state index contributed by atoms with van der Waals surface area (Å²) in [5.74, 6) is 2.38. The molecule has 0 aromatic carbocycles. The number of nitrogens with zero attached hydrogens (tertiary/aromatic N) is 3. The van der Waals surface area contributed by atoms with Gasteiger partial charge in [0, 0.05) is 6.42 Å². The van der Waals surface area contributed by atoms with Crippen molar-refractivity contribution in [3.05, 3.63) is 16.7 Å². The molecule has 2 aromatic heterocycles. The molecule has 0 bridgehead atoms. The Hall–Kier alpha value is -2.41. The summed E-state index contributed by atoms with van der Waals surface area (Å²) < 4.78 is 12.8. The number of fused-ring (bicyclic) bond motifs is 1. The number of rotatable bonds is 4. The maximum Gasteiger partial charge on any atom is 0.280 e. The van der Waals surface area contributed by atoms with E-state index >= 15 is 0 Å². The molecule has 116 valence electrons. The fraction of sp³-hybridized carbons (Fsp3) is 0.462. The van der Waals surface area contributed by atoms with E-state index in [2.05, 4.69) is 20.9 Å². The smallest absolute Gasteiger partial charge is 0.280 e. The van der Waals surface area contributed by atoms with E-state index in [1.54, 1.807) is 4.57 Å². The number of nitrogens with two attached hydrogens (primary N) is 1. The van der Waals surface area contributed by atoms with Gasteiger partial charge in [-0.1, -0.05) is 5.92 Å². The summed E-state index contributed by atoms with van der Waals surface area (Å²) in [6, 6.07) is 0. The first-order valence-electron chi connectivity index (χ1n) is 6.67. The van der Waals surface area contributed by atoms with Gasteiger partial charge in [0.05, 0.1) is 19.0 Å². The van der Waals surface area contributed by atoms with Gasteiger partial charge < -0.3 is 20.3 Å². The van der Waals surface area contributed by atoms with Crippen molar-refractivity contribution >= 4 is 17.1 Å². The Balaban J connectivity index is 1.92. The number of aliphatic hydroxyl groups is 1. The number of hydrogen-bond acceptors (Lipinski definition) is 7. The van der Waals surface area contributed by atoms with Crippen LogP contribution in [0.1, 0.15) is 12.6 Å². The molecule has 0 aliphatic carbocycles. The van der Waals surface area contributed by atoms with Gasteiger partial charge in [-0.3, -0.25) is 14.3 Å². The van der Waals surface area contributed by atoms with Crippen molar-refractivity contribution in [1.29, 1.82) is 0 Å². The lowest BCUT2D eigenvalue weighted by Gasteiger charge is -2.15. The van der Waals surface area contributed by atoms with Crippen molar-refractivity contribution < 1.29 is 14.6 Å². The van der Waals surface area contributed by atoms with Crippen LogP contribution >= 0.6 is 0 Å². The second kappa shape index (κ2) is 5.76. The Labute approximate surface area is 125 Å². The maximum absolute atomic E-state index is 11.8. The molecular weight excluding hydrogens is 290 g/mol. The average molecular weight is 305 g/mol. The molecule has 0 saturated carbocycles. The number of anilines is 1. The van der Waals surface area contributed by atoms with Crippen molar-refractivity contribution in [2.24, 2.45) is 0 Å². The zero-order valence-electron chi connectivity index (χ0n) is 11.6. The van der Waals surface area contributed by atoms with Crippen molar-refractivity contribution in [3.8, 4) is 12.3 Å². The van der Waals surface area contributed by atoms with Crippen LogP contribution in [0.25, 0.3) is 11.2 Å². The average Bonchev–Trinajstić information content (AvgIpc) is 3.08. The highest BCUT2D eigenvalue weighted by molar-refractivity contribution is 5.70. The number of nitrogen functional groups attached to an aromatic ring is 1. The fourth-order valence-electron chi connectivity index (χ4n) is 2.52. The van der Waals surface area contributed by atoms with Crippen LogP contribution in [0.2, 0.25) is 0 Å².